The molecular weight excluding hydrogens is 548 g/mol. The second-order valence-corrected chi connectivity index (χ2v) is 27.8. The molecule has 1 heterocycles. The fourth-order valence-corrected chi connectivity index (χ4v) is 45.1. The van der Waals surface area contributed by atoms with Gasteiger partial charge in [0, 0.05) is 10.6 Å². The summed E-state index contributed by atoms with van der Waals surface area (Å²) in [5, 5.41) is 11.9. The van der Waals surface area contributed by atoms with E-state index in [-0.39, 0.29) is 18.1 Å². The number of carbonyl (C=O) groups excluding carboxylic acids is 1. The Hall–Kier alpha value is -1.51. The van der Waals surface area contributed by atoms with Crippen LogP contribution in [0.2, 0.25) is 0 Å². The Bertz CT molecular complexity index is 1220. The lowest BCUT2D eigenvalue weighted by molar-refractivity contribution is 0.0151. The molecule has 180 valence electrons. The Morgan fingerprint density at radius 2 is 1.38 bits per heavy atom. The maximum atomic E-state index is 12.0. The first kappa shape index (κ1) is 27.1. The van der Waals surface area contributed by atoms with Gasteiger partial charge in [0.25, 0.3) is 0 Å². The van der Waals surface area contributed by atoms with E-state index in [9.17, 15) is 9.90 Å². The Kier molecular flexibility index (Phi) is 9.52. The summed E-state index contributed by atoms with van der Waals surface area (Å²) in [5.74, 6) is 0.590. The maximum Gasteiger partial charge on any atom is 0.344 e. The Balaban J connectivity index is 0.00000158. The number of hydrogen-bond acceptors (Lipinski definition) is 10. The normalized spacial score (nSPS) is 20.8. The van der Waals surface area contributed by atoms with Crippen LogP contribution >= 0.6 is 30.9 Å². The highest BCUT2D eigenvalue weighted by Gasteiger charge is 2.45. The fraction of sp³-hybridized carbons (Fsp3) is 0.136. The molecule has 0 spiro atoms. The molecule has 34 heavy (non-hydrogen) atoms. The van der Waals surface area contributed by atoms with Gasteiger partial charge in [-0.3, -0.25) is 0 Å². The van der Waals surface area contributed by atoms with Crippen LogP contribution in [-0.4, -0.2) is 32.0 Å². The predicted molar refractivity (Wildman–Crippen MR) is 152 cm³/mol. The van der Waals surface area contributed by atoms with Crippen LogP contribution in [0.1, 0.15) is 10.4 Å². The van der Waals surface area contributed by atoms with Crippen molar-refractivity contribution in [2.75, 3.05) is 21.0 Å². The van der Waals surface area contributed by atoms with Crippen molar-refractivity contribution in [3.8, 4) is 17.2 Å². The molecule has 3 aromatic carbocycles. The molecule has 0 radical (unpaired) electrons. The maximum absolute atomic E-state index is 12.0. The van der Waals surface area contributed by atoms with Gasteiger partial charge < -0.3 is 25.1 Å². The average molecular weight is 572 g/mol. The van der Waals surface area contributed by atoms with Crippen LogP contribution in [0.25, 0.3) is 0 Å². The van der Waals surface area contributed by atoms with Gasteiger partial charge >= 0.3 is 5.97 Å². The smallest absolute Gasteiger partial charge is 0.344 e. The lowest BCUT2D eigenvalue weighted by Crippen LogP contribution is -2.12. The summed E-state index contributed by atoms with van der Waals surface area (Å²) in [6, 6.07) is 21.7. The highest BCUT2D eigenvalue weighted by Crippen LogP contribution is 3.04. The van der Waals surface area contributed by atoms with Crippen LogP contribution in [0.4, 0.5) is 0 Å². The monoisotopic (exact) mass is 571 g/mol. The van der Waals surface area contributed by atoms with E-state index in [1.165, 1.54) is 19.2 Å². The molecule has 1 aliphatic rings. The van der Waals surface area contributed by atoms with E-state index < -0.39 is 14.9 Å². The van der Waals surface area contributed by atoms with Crippen molar-refractivity contribution in [1.82, 2.24) is 0 Å². The topological polar surface area (TPSA) is 91.0 Å². The van der Waals surface area contributed by atoms with E-state index in [2.05, 4.69) is 5.73 Å². The van der Waals surface area contributed by atoms with Crippen molar-refractivity contribution in [2.24, 2.45) is 5.73 Å². The number of benzene rings is 3. The number of carbonyl (C=O) groups is 1. The SMILES string of the molecule is CN.COc1ccc(P2(=S)SP(=S)(c3ccc(OCOC(=O)c4ccccc4O)cc3)S2)cc1. The van der Waals surface area contributed by atoms with E-state index in [1.54, 1.807) is 41.2 Å². The number of ether oxygens (including phenoxy) is 3. The first-order chi connectivity index (χ1) is 16.3. The number of aromatic hydroxyl groups is 1. The number of hydrogen-bond donors (Lipinski definition) is 2. The second-order valence-electron chi connectivity index (χ2n) is 6.56. The molecule has 0 saturated carbocycles. The molecule has 0 bridgehead atoms. The van der Waals surface area contributed by atoms with Crippen molar-refractivity contribution in [2.45, 2.75) is 0 Å². The van der Waals surface area contributed by atoms with Crippen LogP contribution in [0.3, 0.4) is 0 Å². The van der Waals surface area contributed by atoms with Gasteiger partial charge in [-0.1, -0.05) is 57.7 Å². The molecular formula is C22H23NO5P2S4. The first-order valence-corrected chi connectivity index (χ1v) is 19.5. The van der Waals surface area contributed by atoms with E-state index in [1.807, 2.05) is 48.5 Å². The molecule has 1 saturated heterocycles. The molecule has 0 aliphatic carbocycles. The van der Waals surface area contributed by atoms with Crippen molar-refractivity contribution in [3.63, 3.8) is 0 Å². The number of para-hydroxylation sites is 1. The van der Waals surface area contributed by atoms with Gasteiger partial charge in [-0.25, -0.2) is 4.79 Å². The van der Waals surface area contributed by atoms with Crippen LogP contribution < -0.4 is 25.8 Å². The number of nitrogens with two attached hydrogens (primary N) is 1. The molecule has 12 heteroatoms. The molecule has 1 fully saturated rings. The highest BCUT2D eigenvalue weighted by atomic mass is 33.7. The highest BCUT2D eigenvalue weighted by molar-refractivity contribution is 9.48. The molecule has 0 amide bonds. The van der Waals surface area contributed by atoms with Crippen LogP contribution in [0.15, 0.2) is 72.8 Å². The predicted octanol–water partition coefficient (Wildman–Crippen LogP) is 5.22. The summed E-state index contributed by atoms with van der Waals surface area (Å²) in [7, 11) is 3.14. The van der Waals surface area contributed by atoms with E-state index >= 15 is 0 Å². The van der Waals surface area contributed by atoms with Gasteiger partial charge in [0.2, 0.25) is 6.79 Å². The van der Waals surface area contributed by atoms with Crippen molar-refractivity contribution >= 4 is 71.1 Å². The summed E-state index contributed by atoms with van der Waals surface area (Å²) in [5.41, 5.74) is 4.59. The molecule has 0 atom stereocenters. The number of phenols is 1. The minimum Gasteiger partial charge on any atom is -0.507 e. The van der Waals surface area contributed by atoms with Gasteiger partial charge in [-0.05, 0) is 67.7 Å². The molecule has 3 N–H and O–H groups in total. The third kappa shape index (κ3) is 6.18. The van der Waals surface area contributed by atoms with Crippen molar-refractivity contribution < 1.29 is 24.1 Å². The minimum absolute atomic E-state index is 0.0934. The van der Waals surface area contributed by atoms with Gasteiger partial charge in [-0.15, -0.1) is 0 Å². The zero-order chi connectivity index (χ0) is 24.8. The third-order valence-corrected chi connectivity index (χ3v) is 35.7. The molecule has 3 aromatic rings. The summed E-state index contributed by atoms with van der Waals surface area (Å²) in [6.45, 7) is -0.261. The van der Waals surface area contributed by atoms with Gasteiger partial charge in [0.1, 0.15) is 22.8 Å². The van der Waals surface area contributed by atoms with E-state index in [0.717, 1.165) is 16.4 Å². The molecule has 4 rings (SSSR count). The summed E-state index contributed by atoms with van der Waals surface area (Å²) < 4.78 is 12.2. The standard InChI is InChI=1S/C21H18O5P2S4.CH5N/c1-24-15-6-10-17(11-7-15)27(29)31-28(30,32-27)18-12-8-16(9-13-18)25-14-26-21(23)19-4-2-3-5-20(19)22;1-2/h2-13,22H,14H2,1H3;2H2,1H3. The first-order valence-electron chi connectivity index (χ1n) is 9.87. The van der Waals surface area contributed by atoms with Gasteiger partial charge in [0.05, 0.1) is 16.0 Å². The lowest BCUT2D eigenvalue weighted by atomic mass is 10.2. The van der Waals surface area contributed by atoms with E-state index in [0.29, 0.717) is 5.75 Å². The largest absolute Gasteiger partial charge is 0.507 e. The molecule has 6 nitrogen and oxygen atoms in total. The minimum atomic E-state index is -1.85. The number of rotatable bonds is 7. The molecule has 1 aliphatic heterocycles. The van der Waals surface area contributed by atoms with E-state index in [4.69, 9.17) is 37.8 Å². The van der Waals surface area contributed by atoms with Crippen molar-refractivity contribution in [3.05, 3.63) is 78.4 Å². The Morgan fingerprint density at radius 3 is 1.88 bits per heavy atom. The van der Waals surface area contributed by atoms with Crippen LogP contribution in [0, 0.1) is 0 Å². The molecule has 0 unspecified atom stereocenters. The van der Waals surface area contributed by atoms with Crippen molar-refractivity contribution in [1.29, 1.82) is 0 Å². The molecule has 0 aromatic heterocycles. The quantitative estimate of drug-likeness (QED) is 0.224. The Labute approximate surface area is 216 Å². The summed E-state index contributed by atoms with van der Waals surface area (Å²) in [6.07, 6.45) is 0. The zero-order valence-corrected chi connectivity index (χ0v) is 23.4. The average Bonchev–Trinajstić information content (AvgIpc) is 2.85. The van der Waals surface area contributed by atoms with Gasteiger partial charge in [0.15, 0.2) is 0 Å². The third-order valence-electron chi connectivity index (χ3n) is 4.51. The number of phenolic OH excluding ortho intramolecular Hbond substituents is 1. The fourth-order valence-electron chi connectivity index (χ4n) is 2.84. The number of esters is 1. The summed E-state index contributed by atoms with van der Waals surface area (Å²) in [4.78, 5) is 12.0. The lowest BCUT2D eigenvalue weighted by Gasteiger charge is -2.40. The van der Waals surface area contributed by atoms with Crippen LogP contribution in [0.5, 0.6) is 17.2 Å². The number of methoxy groups -OCH3 is 1. The van der Waals surface area contributed by atoms with Gasteiger partial charge in [-0.2, -0.15) is 0 Å². The zero-order valence-electron chi connectivity index (χ0n) is 18.3. The Morgan fingerprint density at radius 1 is 0.882 bits per heavy atom. The summed E-state index contributed by atoms with van der Waals surface area (Å²) >= 11 is 15.4. The second kappa shape index (κ2) is 12.0. The van der Waals surface area contributed by atoms with Crippen LogP contribution in [-0.2, 0) is 28.4 Å².